The molecule has 0 radical (unpaired) electrons. The Labute approximate surface area is 97.9 Å². The highest BCUT2D eigenvalue weighted by atomic mass is 32.2. The van der Waals surface area contributed by atoms with Gasteiger partial charge in [-0.05, 0) is 36.9 Å². The van der Waals surface area contributed by atoms with Gasteiger partial charge in [0.25, 0.3) is 0 Å². The summed E-state index contributed by atoms with van der Waals surface area (Å²) < 4.78 is 0. The van der Waals surface area contributed by atoms with Crippen LogP contribution >= 0.6 is 11.8 Å². The van der Waals surface area contributed by atoms with Crippen molar-refractivity contribution in [2.24, 2.45) is 0 Å². The Morgan fingerprint density at radius 1 is 1.19 bits per heavy atom. The van der Waals surface area contributed by atoms with Gasteiger partial charge in [-0.3, -0.25) is 4.79 Å². The molecule has 0 N–H and O–H groups in total. The fraction of sp³-hybridized carbons (Fsp3) is 0.0833. The summed E-state index contributed by atoms with van der Waals surface area (Å²) in [7, 11) is 0. The van der Waals surface area contributed by atoms with Crippen molar-refractivity contribution in [3.8, 4) is 0 Å². The topological polar surface area (TPSA) is 42.9 Å². The van der Waals surface area contributed by atoms with E-state index in [-0.39, 0.29) is 5.78 Å². The lowest BCUT2D eigenvalue weighted by atomic mass is 10.2. The Morgan fingerprint density at radius 3 is 2.62 bits per heavy atom. The van der Waals surface area contributed by atoms with Gasteiger partial charge in [-0.15, -0.1) is 0 Å². The molecule has 1 aromatic heterocycles. The Bertz CT molecular complexity index is 499. The van der Waals surface area contributed by atoms with Gasteiger partial charge in [0.05, 0.1) is 0 Å². The van der Waals surface area contributed by atoms with Gasteiger partial charge in [-0.1, -0.05) is 12.1 Å². The smallest absolute Gasteiger partial charge is 0.192 e. The molecule has 1 aromatic carbocycles. The van der Waals surface area contributed by atoms with Crippen LogP contribution in [0, 0.1) is 0 Å². The highest BCUT2D eigenvalue weighted by molar-refractivity contribution is 7.99. The lowest BCUT2D eigenvalue weighted by molar-refractivity contribution is 0.101. The van der Waals surface area contributed by atoms with Crippen LogP contribution in [0.15, 0.2) is 52.8 Å². The zero-order chi connectivity index (χ0) is 11.4. The summed E-state index contributed by atoms with van der Waals surface area (Å²) in [5.41, 5.74) is 0.709. The molecule has 0 spiro atoms. The van der Waals surface area contributed by atoms with Crippen molar-refractivity contribution in [3.05, 3.63) is 48.3 Å². The van der Waals surface area contributed by atoms with E-state index in [0.717, 1.165) is 4.90 Å². The van der Waals surface area contributed by atoms with Crippen LogP contribution in [0.3, 0.4) is 0 Å². The number of ketones is 1. The molecule has 0 saturated carbocycles. The van der Waals surface area contributed by atoms with Gasteiger partial charge >= 0.3 is 0 Å². The van der Waals surface area contributed by atoms with Crippen LogP contribution in [-0.4, -0.2) is 15.8 Å². The largest absolute Gasteiger partial charge is 0.295 e. The van der Waals surface area contributed by atoms with Crippen molar-refractivity contribution in [1.29, 1.82) is 0 Å². The normalized spacial score (nSPS) is 10.1. The van der Waals surface area contributed by atoms with Crippen molar-refractivity contribution >= 4 is 17.5 Å². The van der Waals surface area contributed by atoms with Crippen LogP contribution in [0.4, 0.5) is 0 Å². The maximum atomic E-state index is 11.2. The zero-order valence-corrected chi connectivity index (χ0v) is 9.57. The molecule has 1 heterocycles. The summed E-state index contributed by atoms with van der Waals surface area (Å²) in [6, 6.07) is 9.23. The predicted molar refractivity (Wildman–Crippen MR) is 62.6 cm³/mol. The number of aromatic nitrogens is 2. The number of benzene rings is 1. The molecule has 3 nitrogen and oxygen atoms in total. The first kappa shape index (κ1) is 10.8. The van der Waals surface area contributed by atoms with E-state index in [1.165, 1.54) is 11.8 Å². The summed E-state index contributed by atoms with van der Waals surface area (Å²) in [5, 5.41) is 0.684. The number of carbonyl (C=O) groups excluding carboxylic acids is 1. The predicted octanol–water partition coefficient (Wildman–Crippen LogP) is 2.83. The highest BCUT2D eigenvalue weighted by Crippen LogP contribution is 2.24. The van der Waals surface area contributed by atoms with Gasteiger partial charge in [0.15, 0.2) is 10.9 Å². The van der Waals surface area contributed by atoms with Crippen LogP contribution in [0.2, 0.25) is 0 Å². The molecule has 2 aromatic rings. The Kier molecular flexibility index (Phi) is 3.31. The van der Waals surface area contributed by atoms with E-state index >= 15 is 0 Å². The second-order valence-electron chi connectivity index (χ2n) is 3.22. The molecule has 0 aliphatic rings. The standard InChI is InChI=1S/C12H10N2OS/c1-9(15)10-4-2-5-11(8-10)16-12-13-6-3-7-14-12/h2-8H,1H3. The average molecular weight is 230 g/mol. The lowest BCUT2D eigenvalue weighted by Crippen LogP contribution is -1.91. The summed E-state index contributed by atoms with van der Waals surface area (Å²) >= 11 is 1.44. The maximum Gasteiger partial charge on any atom is 0.192 e. The molecular weight excluding hydrogens is 220 g/mol. The van der Waals surface area contributed by atoms with E-state index in [4.69, 9.17) is 0 Å². The van der Waals surface area contributed by atoms with Gasteiger partial charge in [-0.2, -0.15) is 0 Å². The van der Waals surface area contributed by atoms with E-state index in [0.29, 0.717) is 10.7 Å². The number of nitrogens with zero attached hydrogens (tertiary/aromatic N) is 2. The molecule has 4 heteroatoms. The number of carbonyl (C=O) groups is 1. The number of Topliss-reactive ketones (excluding diaryl/α,β-unsaturated/α-hetero) is 1. The number of rotatable bonds is 3. The molecule has 0 amide bonds. The second kappa shape index (κ2) is 4.90. The molecule has 0 bridgehead atoms. The maximum absolute atomic E-state index is 11.2. The van der Waals surface area contributed by atoms with Crippen molar-refractivity contribution in [3.63, 3.8) is 0 Å². The van der Waals surface area contributed by atoms with Crippen LogP contribution < -0.4 is 0 Å². The van der Waals surface area contributed by atoms with Crippen LogP contribution in [0.1, 0.15) is 17.3 Å². The molecule has 0 aliphatic heterocycles. The van der Waals surface area contributed by atoms with Gasteiger partial charge in [-0.25, -0.2) is 9.97 Å². The molecule has 2 rings (SSSR count). The molecule has 0 atom stereocenters. The van der Waals surface area contributed by atoms with Crippen LogP contribution in [0.25, 0.3) is 0 Å². The van der Waals surface area contributed by atoms with E-state index in [1.807, 2.05) is 18.2 Å². The minimum atomic E-state index is 0.0661. The van der Waals surface area contributed by atoms with Gasteiger partial charge in [0.2, 0.25) is 0 Å². The molecule has 0 aliphatic carbocycles. The SMILES string of the molecule is CC(=O)c1cccc(Sc2ncccn2)c1. The highest BCUT2D eigenvalue weighted by Gasteiger charge is 2.03. The third-order valence-corrected chi connectivity index (χ3v) is 2.87. The summed E-state index contributed by atoms with van der Waals surface area (Å²) in [6.07, 6.45) is 3.40. The Morgan fingerprint density at radius 2 is 1.94 bits per heavy atom. The first-order valence-corrected chi connectivity index (χ1v) is 5.63. The van der Waals surface area contributed by atoms with Gasteiger partial charge in [0, 0.05) is 22.9 Å². The molecular formula is C12H10N2OS. The number of hydrogen-bond donors (Lipinski definition) is 0. The number of hydrogen-bond acceptors (Lipinski definition) is 4. The van der Waals surface area contributed by atoms with E-state index < -0.39 is 0 Å². The van der Waals surface area contributed by atoms with Crippen LogP contribution in [-0.2, 0) is 0 Å². The molecule has 0 saturated heterocycles. The minimum absolute atomic E-state index is 0.0661. The van der Waals surface area contributed by atoms with Crippen LogP contribution in [0.5, 0.6) is 0 Å². The molecule has 0 unspecified atom stereocenters. The summed E-state index contributed by atoms with van der Waals surface area (Å²) in [5.74, 6) is 0.0661. The molecule has 80 valence electrons. The van der Waals surface area contributed by atoms with Gasteiger partial charge < -0.3 is 0 Å². The second-order valence-corrected chi connectivity index (χ2v) is 4.26. The van der Waals surface area contributed by atoms with Crippen molar-refractivity contribution in [2.75, 3.05) is 0 Å². The monoisotopic (exact) mass is 230 g/mol. The quantitative estimate of drug-likeness (QED) is 0.600. The fourth-order valence-electron chi connectivity index (χ4n) is 1.22. The fourth-order valence-corrected chi connectivity index (χ4v) is 1.99. The summed E-state index contributed by atoms with van der Waals surface area (Å²) in [4.78, 5) is 20.4. The van der Waals surface area contributed by atoms with Crippen molar-refractivity contribution in [2.45, 2.75) is 17.0 Å². The van der Waals surface area contributed by atoms with E-state index in [1.54, 1.807) is 31.5 Å². The Balaban J connectivity index is 2.22. The van der Waals surface area contributed by atoms with E-state index in [9.17, 15) is 4.79 Å². The zero-order valence-electron chi connectivity index (χ0n) is 8.75. The minimum Gasteiger partial charge on any atom is -0.295 e. The molecule has 16 heavy (non-hydrogen) atoms. The van der Waals surface area contributed by atoms with Crippen molar-refractivity contribution in [1.82, 2.24) is 9.97 Å². The Hall–Kier alpha value is -1.68. The van der Waals surface area contributed by atoms with Crippen molar-refractivity contribution < 1.29 is 4.79 Å². The third-order valence-electron chi connectivity index (χ3n) is 1.99. The lowest BCUT2D eigenvalue weighted by Gasteiger charge is -2.01. The van der Waals surface area contributed by atoms with E-state index in [2.05, 4.69) is 9.97 Å². The molecule has 0 fully saturated rings. The first-order valence-electron chi connectivity index (χ1n) is 4.81. The first-order chi connectivity index (χ1) is 7.75. The average Bonchev–Trinajstić information content (AvgIpc) is 2.30. The third kappa shape index (κ3) is 2.67. The van der Waals surface area contributed by atoms with Gasteiger partial charge in [0.1, 0.15) is 0 Å². The summed E-state index contributed by atoms with van der Waals surface area (Å²) in [6.45, 7) is 1.56.